The molecule has 190 valence electrons. The maximum Gasteiger partial charge on any atom is 0.265 e. The summed E-state index contributed by atoms with van der Waals surface area (Å²) in [4.78, 5) is 5.11. The largest absolute Gasteiger partial charge is 0.480 e. The van der Waals surface area contributed by atoms with Crippen LogP contribution in [0.1, 0.15) is 16.5 Å². The first-order valence-electron chi connectivity index (χ1n) is 11.2. The van der Waals surface area contributed by atoms with Gasteiger partial charge in [0.05, 0.1) is 16.6 Å². The van der Waals surface area contributed by atoms with Crippen LogP contribution in [0.5, 0.6) is 5.75 Å². The van der Waals surface area contributed by atoms with Crippen LogP contribution in [0.3, 0.4) is 0 Å². The lowest BCUT2D eigenvalue weighted by atomic mass is 10.1. The van der Waals surface area contributed by atoms with Gasteiger partial charge in [-0.15, -0.1) is 0 Å². The van der Waals surface area contributed by atoms with Crippen LogP contribution >= 0.6 is 50.6 Å². The highest BCUT2D eigenvalue weighted by molar-refractivity contribution is 9.10. The zero-order valence-corrected chi connectivity index (χ0v) is 24.0. The molecule has 0 aliphatic carbocycles. The van der Waals surface area contributed by atoms with Gasteiger partial charge in [-0.1, -0.05) is 69.2 Å². The molecule has 0 spiro atoms. The Balaban J connectivity index is 1.33. The van der Waals surface area contributed by atoms with E-state index in [-0.39, 0.29) is 10.0 Å². The van der Waals surface area contributed by atoms with Crippen molar-refractivity contribution in [1.82, 2.24) is 13.7 Å². The van der Waals surface area contributed by atoms with Gasteiger partial charge in [0, 0.05) is 15.7 Å². The number of anilines is 1. The molecule has 0 saturated heterocycles. The molecule has 38 heavy (non-hydrogen) atoms. The highest BCUT2D eigenvalue weighted by Gasteiger charge is 2.24. The second kappa shape index (κ2) is 10.2. The molecular weight excluding hydrogens is 628 g/mol. The number of nitrogens with zero attached hydrogens (tertiary/aromatic N) is 3. The molecule has 6 rings (SSSR count). The number of thiazole rings is 1. The van der Waals surface area contributed by atoms with Crippen molar-refractivity contribution in [2.24, 2.45) is 0 Å². The fraction of sp³-hybridized carbons (Fsp3) is 0.0385. The number of rotatable bonds is 7. The van der Waals surface area contributed by atoms with E-state index in [1.54, 1.807) is 30.5 Å². The third-order valence-corrected chi connectivity index (χ3v) is 9.49. The van der Waals surface area contributed by atoms with Crippen LogP contribution in [0.4, 0.5) is 5.13 Å². The zero-order chi connectivity index (χ0) is 26.3. The van der Waals surface area contributed by atoms with Gasteiger partial charge >= 0.3 is 0 Å². The molecule has 2 heterocycles. The summed E-state index contributed by atoms with van der Waals surface area (Å²) in [6, 6.07) is 24.1. The SMILES string of the molecule is O=S(=O)(Nc1ncc(C(Oc2ccc3cc(Br)ccc3c2)c2ccc(Cl)cc2)s1)c1cccc2nsnc12. The zero-order valence-electron chi connectivity index (χ0n) is 19.2. The normalized spacial score (nSPS) is 12.6. The van der Waals surface area contributed by atoms with Crippen molar-refractivity contribution < 1.29 is 13.2 Å². The van der Waals surface area contributed by atoms with Crippen molar-refractivity contribution in [2.75, 3.05) is 4.72 Å². The minimum atomic E-state index is -3.94. The van der Waals surface area contributed by atoms with Crippen molar-refractivity contribution >= 4 is 87.6 Å². The Morgan fingerprint density at radius 3 is 2.58 bits per heavy atom. The van der Waals surface area contributed by atoms with Gasteiger partial charge < -0.3 is 4.74 Å². The van der Waals surface area contributed by atoms with Gasteiger partial charge in [0.15, 0.2) is 11.2 Å². The molecule has 0 fully saturated rings. The molecule has 0 saturated carbocycles. The Labute approximate surface area is 239 Å². The van der Waals surface area contributed by atoms with Gasteiger partial charge in [-0.05, 0) is 64.9 Å². The first-order valence-corrected chi connectivity index (χ1v) is 15.4. The van der Waals surface area contributed by atoms with Gasteiger partial charge in [0.25, 0.3) is 10.0 Å². The second-order valence-electron chi connectivity index (χ2n) is 8.26. The van der Waals surface area contributed by atoms with Crippen molar-refractivity contribution in [2.45, 2.75) is 11.0 Å². The lowest BCUT2D eigenvalue weighted by molar-refractivity contribution is 0.251. The van der Waals surface area contributed by atoms with Crippen LogP contribution in [0.15, 0.2) is 94.4 Å². The molecule has 12 heteroatoms. The van der Waals surface area contributed by atoms with Crippen LogP contribution in [0.2, 0.25) is 5.02 Å². The van der Waals surface area contributed by atoms with Crippen LogP contribution in [0, 0.1) is 0 Å². The topological polar surface area (TPSA) is 94.1 Å². The van der Waals surface area contributed by atoms with Crippen LogP contribution in [-0.4, -0.2) is 22.1 Å². The molecule has 7 nitrogen and oxygen atoms in total. The maximum atomic E-state index is 13.2. The Morgan fingerprint density at radius 2 is 1.74 bits per heavy atom. The summed E-state index contributed by atoms with van der Waals surface area (Å²) in [7, 11) is -3.94. The Kier molecular flexibility index (Phi) is 6.79. The predicted molar refractivity (Wildman–Crippen MR) is 156 cm³/mol. The Hall–Kier alpha value is -3.09. The van der Waals surface area contributed by atoms with E-state index in [9.17, 15) is 8.42 Å². The van der Waals surface area contributed by atoms with Crippen molar-refractivity contribution in [3.63, 3.8) is 0 Å². The quantitative estimate of drug-likeness (QED) is 0.192. The predicted octanol–water partition coefficient (Wildman–Crippen LogP) is 7.69. The average Bonchev–Trinajstić information content (AvgIpc) is 3.57. The van der Waals surface area contributed by atoms with Crippen molar-refractivity contribution in [3.05, 3.63) is 105 Å². The maximum absolute atomic E-state index is 13.2. The molecule has 1 atom stereocenters. The minimum Gasteiger partial charge on any atom is -0.480 e. The summed E-state index contributed by atoms with van der Waals surface area (Å²) in [5.74, 6) is 0.665. The molecule has 0 bridgehead atoms. The number of benzene rings is 4. The highest BCUT2D eigenvalue weighted by Crippen LogP contribution is 2.36. The highest BCUT2D eigenvalue weighted by atomic mass is 79.9. The van der Waals surface area contributed by atoms with E-state index in [1.165, 1.54) is 17.4 Å². The molecule has 0 aliphatic rings. The van der Waals surface area contributed by atoms with E-state index >= 15 is 0 Å². The molecule has 2 aromatic heterocycles. The number of fused-ring (bicyclic) bond motifs is 2. The number of aromatic nitrogens is 3. The first kappa shape index (κ1) is 25.2. The summed E-state index contributed by atoms with van der Waals surface area (Å²) in [5.41, 5.74) is 1.70. The van der Waals surface area contributed by atoms with E-state index in [0.29, 0.717) is 21.8 Å². The summed E-state index contributed by atoms with van der Waals surface area (Å²) in [5, 5.41) is 2.93. The van der Waals surface area contributed by atoms with Crippen LogP contribution in [-0.2, 0) is 10.0 Å². The Morgan fingerprint density at radius 1 is 0.947 bits per heavy atom. The number of sulfonamides is 1. The van der Waals surface area contributed by atoms with Gasteiger partial charge in [-0.3, -0.25) is 4.72 Å². The smallest absolute Gasteiger partial charge is 0.265 e. The van der Waals surface area contributed by atoms with E-state index < -0.39 is 16.1 Å². The number of ether oxygens (including phenoxy) is 1. The summed E-state index contributed by atoms with van der Waals surface area (Å²) in [6.07, 6.45) is 1.08. The monoisotopic (exact) mass is 642 g/mol. The molecular formula is C26H16BrClN4O3S3. The first-order chi connectivity index (χ1) is 18.4. The van der Waals surface area contributed by atoms with Gasteiger partial charge in [0.2, 0.25) is 0 Å². The fourth-order valence-electron chi connectivity index (χ4n) is 3.96. The van der Waals surface area contributed by atoms with E-state index in [4.69, 9.17) is 16.3 Å². The fourth-order valence-corrected chi connectivity index (χ4v) is 7.34. The van der Waals surface area contributed by atoms with E-state index in [2.05, 4.69) is 34.4 Å². The average molecular weight is 644 g/mol. The van der Waals surface area contributed by atoms with Crippen LogP contribution in [0.25, 0.3) is 21.8 Å². The third-order valence-electron chi connectivity index (χ3n) is 5.74. The van der Waals surface area contributed by atoms with E-state index in [0.717, 1.165) is 37.4 Å². The number of hydrogen-bond donors (Lipinski definition) is 1. The second-order valence-corrected chi connectivity index (χ2v) is 12.9. The summed E-state index contributed by atoms with van der Waals surface area (Å²) < 4.78 is 44.7. The summed E-state index contributed by atoms with van der Waals surface area (Å²) >= 11 is 11.8. The lowest BCUT2D eigenvalue weighted by Crippen LogP contribution is -2.13. The van der Waals surface area contributed by atoms with E-state index in [1.807, 2.05) is 48.5 Å². The molecule has 4 aromatic carbocycles. The van der Waals surface area contributed by atoms with Crippen molar-refractivity contribution in [3.8, 4) is 5.75 Å². The van der Waals surface area contributed by atoms with Gasteiger partial charge in [0.1, 0.15) is 21.7 Å². The molecule has 1 N–H and O–H groups in total. The Bertz CT molecular complexity index is 1890. The standard InChI is InChI=1S/C26H16BrClN4O3S3/c27-18-8-4-17-13-20(11-7-16(17)12-18)35-25(15-5-9-19(28)10-6-15)22-14-29-26(36-22)32-38(33,34)23-3-1-2-21-24(23)31-37-30-21/h1-14,25H,(H,29,32). The number of hydrogen-bond acceptors (Lipinski definition) is 8. The molecule has 1 unspecified atom stereocenters. The van der Waals surface area contributed by atoms with Gasteiger partial charge in [-0.25, -0.2) is 13.4 Å². The summed E-state index contributed by atoms with van der Waals surface area (Å²) in [6.45, 7) is 0. The van der Waals surface area contributed by atoms with Crippen molar-refractivity contribution in [1.29, 1.82) is 0 Å². The van der Waals surface area contributed by atoms with Crippen LogP contribution < -0.4 is 9.46 Å². The van der Waals surface area contributed by atoms with Gasteiger partial charge in [-0.2, -0.15) is 8.75 Å². The lowest BCUT2D eigenvalue weighted by Gasteiger charge is -2.19. The molecule has 0 aliphatic heterocycles. The minimum absolute atomic E-state index is 0.0498. The number of nitrogens with one attached hydrogen (secondary N) is 1. The molecule has 0 amide bonds. The number of halogens is 2. The third kappa shape index (κ3) is 5.12. The molecule has 6 aromatic rings. The molecule has 0 radical (unpaired) electrons.